The fourth-order valence-corrected chi connectivity index (χ4v) is 3.46. The van der Waals surface area contributed by atoms with Crippen LogP contribution in [0, 0.1) is 0 Å². The molecule has 1 saturated heterocycles. The quantitative estimate of drug-likeness (QED) is 0.811. The highest BCUT2D eigenvalue weighted by molar-refractivity contribution is 7.86. The van der Waals surface area contributed by atoms with Crippen LogP contribution < -0.4 is 0 Å². The van der Waals surface area contributed by atoms with Crippen LogP contribution in [-0.2, 0) is 16.6 Å². The average Bonchev–Trinajstić information content (AvgIpc) is 2.32. The lowest BCUT2D eigenvalue weighted by Gasteiger charge is -2.32. The molecule has 0 atom stereocenters. The van der Waals surface area contributed by atoms with E-state index in [2.05, 4.69) is 0 Å². The number of rotatable bonds is 3. The Morgan fingerprint density at radius 1 is 1.18 bits per heavy atom. The van der Waals surface area contributed by atoms with E-state index >= 15 is 0 Å². The van der Waals surface area contributed by atoms with E-state index in [4.69, 9.17) is 0 Å². The van der Waals surface area contributed by atoms with E-state index in [1.54, 1.807) is 11.4 Å². The van der Waals surface area contributed by atoms with Crippen LogP contribution >= 0.6 is 0 Å². The zero-order chi connectivity index (χ0) is 12.3. The van der Waals surface area contributed by atoms with Gasteiger partial charge < -0.3 is 0 Å². The largest absolute Gasteiger partial charge is 0.281 e. The predicted molar refractivity (Wildman–Crippen MR) is 67.9 cm³/mol. The van der Waals surface area contributed by atoms with Crippen LogP contribution in [0.5, 0.6) is 0 Å². The lowest BCUT2D eigenvalue weighted by atomic mass is 10.1. The summed E-state index contributed by atoms with van der Waals surface area (Å²) >= 11 is 0. The third kappa shape index (κ3) is 2.86. The SMILES string of the molecule is CN1CCCN(CCc2ccccc2)S1(=O)=O. The molecule has 2 rings (SSSR count). The van der Waals surface area contributed by atoms with Crippen LogP contribution in [0.25, 0.3) is 0 Å². The van der Waals surface area contributed by atoms with E-state index in [1.165, 1.54) is 9.87 Å². The standard InChI is InChI=1S/C12H18N2O2S/c1-13-9-5-10-14(17(13,15)16)11-8-12-6-3-2-4-7-12/h2-4,6-7H,5,8-11H2,1H3. The van der Waals surface area contributed by atoms with Crippen molar-refractivity contribution >= 4 is 10.2 Å². The van der Waals surface area contributed by atoms with Gasteiger partial charge in [-0.1, -0.05) is 30.3 Å². The van der Waals surface area contributed by atoms with E-state index in [-0.39, 0.29) is 0 Å². The van der Waals surface area contributed by atoms with Crippen LogP contribution in [0.1, 0.15) is 12.0 Å². The Labute approximate surface area is 103 Å². The van der Waals surface area contributed by atoms with Crippen molar-refractivity contribution in [2.24, 2.45) is 0 Å². The first kappa shape index (κ1) is 12.5. The van der Waals surface area contributed by atoms with Gasteiger partial charge >= 0.3 is 0 Å². The summed E-state index contributed by atoms with van der Waals surface area (Å²) in [6.45, 7) is 1.83. The van der Waals surface area contributed by atoms with Crippen molar-refractivity contribution in [2.45, 2.75) is 12.8 Å². The van der Waals surface area contributed by atoms with E-state index in [1.807, 2.05) is 30.3 Å². The molecule has 1 aromatic carbocycles. The lowest BCUT2D eigenvalue weighted by Crippen LogP contribution is -2.48. The minimum absolute atomic E-state index is 0.566. The van der Waals surface area contributed by atoms with E-state index in [9.17, 15) is 8.42 Å². The summed E-state index contributed by atoms with van der Waals surface area (Å²) < 4.78 is 27.0. The Morgan fingerprint density at radius 3 is 2.59 bits per heavy atom. The molecule has 1 aliphatic rings. The summed E-state index contributed by atoms with van der Waals surface area (Å²) in [6, 6.07) is 9.98. The molecular formula is C12H18N2O2S. The summed E-state index contributed by atoms with van der Waals surface area (Å²) in [5.41, 5.74) is 1.18. The molecule has 0 N–H and O–H groups in total. The monoisotopic (exact) mass is 254 g/mol. The minimum atomic E-state index is -3.21. The molecule has 0 amide bonds. The number of hydrogen-bond acceptors (Lipinski definition) is 2. The summed E-state index contributed by atoms with van der Waals surface area (Å²) in [7, 11) is -1.56. The summed E-state index contributed by atoms with van der Waals surface area (Å²) in [6.07, 6.45) is 1.68. The van der Waals surface area contributed by atoms with E-state index in [0.717, 1.165) is 12.8 Å². The molecule has 0 spiro atoms. The summed E-state index contributed by atoms with van der Waals surface area (Å²) in [5, 5.41) is 0. The van der Waals surface area contributed by atoms with Gasteiger partial charge in [0.2, 0.25) is 0 Å². The molecule has 94 valence electrons. The van der Waals surface area contributed by atoms with E-state index in [0.29, 0.717) is 19.6 Å². The number of nitrogens with zero attached hydrogens (tertiary/aromatic N) is 2. The van der Waals surface area contributed by atoms with Crippen LogP contribution in [0.4, 0.5) is 0 Å². The molecule has 17 heavy (non-hydrogen) atoms. The Hall–Kier alpha value is -0.910. The minimum Gasteiger partial charge on any atom is -0.195 e. The maximum atomic E-state index is 12.0. The van der Waals surface area contributed by atoms with Crippen molar-refractivity contribution in [3.63, 3.8) is 0 Å². The van der Waals surface area contributed by atoms with E-state index < -0.39 is 10.2 Å². The molecule has 0 saturated carbocycles. The molecule has 0 unspecified atom stereocenters. The molecule has 1 aromatic rings. The van der Waals surface area contributed by atoms with Gasteiger partial charge in [-0.15, -0.1) is 0 Å². The zero-order valence-corrected chi connectivity index (χ0v) is 10.9. The highest BCUT2D eigenvalue weighted by atomic mass is 32.2. The Bertz CT molecular complexity index is 459. The molecule has 0 aliphatic carbocycles. The van der Waals surface area contributed by atoms with Gasteiger partial charge in [0.05, 0.1) is 0 Å². The lowest BCUT2D eigenvalue weighted by molar-refractivity contribution is 0.309. The Balaban J connectivity index is 1.99. The first-order chi connectivity index (χ1) is 8.10. The van der Waals surface area contributed by atoms with Crippen molar-refractivity contribution in [1.29, 1.82) is 0 Å². The van der Waals surface area contributed by atoms with Crippen LogP contribution in [-0.4, -0.2) is 43.7 Å². The summed E-state index contributed by atoms with van der Waals surface area (Å²) in [5.74, 6) is 0. The van der Waals surface area contributed by atoms with Gasteiger partial charge in [-0.3, -0.25) is 0 Å². The van der Waals surface area contributed by atoms with Gasteiger partial charge in [0.15, 0.2) is 0 Å². The third-order valence-corrected chi connectivity index (χ3v) is 5.08. The van der Waals surface area contributed by atoms with Crippen molar-refractivity contribution in [1.82, 2.24) is 8.61 Å². The van der Waals surface area contributed by atoms with Gasteiger partial charge in [0.25, 0.3) is 10.2 Å². The van der Waals surface area contributed by atoms with Crippen molar-refractivity contribution in [3.8, 4) is 0 Å². The number of hydrogen-bond donors (Lipinski definition) is 0. The van der Waals surface area contributed by atoms with Gasteiger partial charge in [-0.25, -0.2) is 0 Å². The zero-order valence-electron chi connectivity index (χ0n) is 10.0. The fourth-order valence-electron chi connectivity index (χ4n) is 2.02. The fraction of sp³-hybridized carbons (Fsp3) is 0.500. The van der Waals surface area contributed by atoms with Gasteiger partial charge in [0.1, 0.15) is 0 Å². The molecule has 0 aromatic heterocycles. The highest BCUT2D eigenvalue weighted by Gasteiger charge is 2.30. The molecule has 1 heterocycles. The topological polar surface area (TPSA) is 40.6 Å². The van der Waals surface area contributed by atoms with Gasteiger partial charge in [-0.2, -0.15) is 17.0 Å². The van der Waals surface area contributed by atoms with Crippen molar-refractivity contribution < 1.29 is 8.42 Å². The van der Waals surface area contributed by atoms with Gasteiger partial charge in [-0.05, 0) is 18.4 Å². The average molecular weight is 254 g/mol. The molecular weight excluding hydrogens is 236 g/mol. The third-order valence-electron chi connectivity index (χ3n) is 3.09. The maximum absolute atomic E-state index is 12.0. The highest BCUT2D eigenvalue weighted by Crippen LogP contribution is 2.14. The second-order valence-electron chi connectivity index (χ2n) is 4.32. The molecule has 0 bridgehead atoms. The normalized spacial score (nSPS) is 21.5. The summed E-state index contributed by atoms with van der Waals surface area (Å²) in [4.78, 5) is 0. The van der Waals surface area contributed by atoms with Crippen LogP contribution in [0.3, 0.4) is 0 Å². The Morgan fingerprint density at radius 2 is 1.88 bits per heavy atom. The maximum Gasteiger partial charge on any atom is 0.281 e. The van der Waals surface area contributed by atoms with Crippen molar-refractivity contribution in [3.05, 3.63) is 35.9 Å². The van der Waals surface area contributed by atoms with Crippen LogP contribution in [0.2, 0.25) is 0 Å². The molecule has 1 fully saturated rings. The second kappa shape index (κ2) is 5.16. The second-order valence-corrected chi connectivity index (χ2v) is 6.35. The smallest absolute Gasteiger partial charge is 0.195 e. The first-order valence-electron chi connectivity index (χ1n) is 5.86. The van der Waals surface area contributed by atoms with Gasteiger partial charge in [0, 0.05) is 26.7 Å². The molecule has 0 radical (unpaired) electrons. The van der Waals surface area contributed by atoms with Crippen LogP contribution in [0.15, 0.2) is 30.3 Å². The Kier molecular flexibility index (Phi) is 3.81. The number of benzene rings is 1. The first-order valence-corrected chi connectivity index (χ1v) is 7.26. The molecule has 4 nitrogen and oxygen atoms in total. The molecule has 1 aliphatic heterocycles. The van der Waals surface area contributed by atoms with Crippen molar-refractivity contribution in [2.75, 3.05) is 26.7 Å². The molecule has 5 heteroatoms. The predicted octanol–water partition coefficient (Wildman–Crippen LogP) is 1.11.